The van der Waals surface area contributed by atoms with Crippen molar-refractivity contribution in [1.82, 2.24) is 5.32 Å². The molecule has 2 fully saturated rings. The fourth-order valence-electron chi connectivity index (χ4n) is 2.48. The van der Waals surface area contributed by atoms with E-state index in [0.717, 1.165) is 25.4 Å². The smallest absolute Gasteiger partial charge is 0.0572 e. The molecule has 2 aliphatic rings. The zero-order chi connectivity index (χ0) is 8.39. The molecular formula is C10H19NO. The molecule has 2 nitrogen and oxygen atoms in total. The quantitative estimate of drug-likeness (QED) is 0.577. The fraction of sp³-hybridized carbons (Fsp3) is 1.00. The van der Waals surface area contributed by atoms with Gasteiger partial charge in [0.1, 0.15) is 0 Å². The van der Waals surface area contributed by atoms with Crippen LogP contribution in [0.3, 0.4) is 0 Å². The highest BCUT2D eigenvalue weighted by Gasteiger charge is 2.32. The van der Waals surface area contributed by atoms with Crippen molar-refractivity contribution >= 4 is 0 Å². The van der Waals surface area contributed by atoms with Crippen LogP contribution in [0, 0.1) is 11.8 Å². The Labute approximate surface area is 74.4 Å². The highest BCUT2D eigenvalue weighted by atomic mass is 16.3. The summed E-state index contributed by atoms with van der Waals surface area (Å²) in [5.74, 6) is 1.38. The third-order valence-corrected chi connectivity index (χ3v) is 3.45. The lowest BCUT2D eigenvalue weighted by Gasteiger charge is -2.36. The van der Waals surface area contributed by atoms with Gasteiger partial charge in [0, 0.05) is 0 Å². The van der Waals surface area contributed by atoms with E-state index >= 15 is 0 Å². The number of aliphatic hydroxyl groups excluding tert-OH is 1. The van der Waals surface area contributed by atoms with E-state index in [1.54, 1.807) is 0 Å². The monoisotopic (exact) mass is 169 g/mol. The molecule has 12 heavy (non-hydrogen) atoms. The number of aliphatic hydroxyl groups is 1. The Bertz CT molecular complexity index is 145. The molecule has 2 atom stereocenters. The molecule has 70 valence electrons. The summed E-state index contributed by atoms with van der Waals surface area (Å²) >= 11 is 0. The average Bonchev–Trinajstić information content (AvgIpc) is 2.13. The van der Waals surface area contributed by atoms with E-state index in [1.807, 2.05) is 0 Å². The van der Waals surface area contributed by atoms with Crippen LogP contribution in [-0.4, -0.2) is 24.3 Å². The molecule has 2 N–H and O–H groups in total. The van der Waals surface area contributed by atoms with E-state index in [0.29, 0.717) is 5.92 Å². The second kappa shape index (κ2) is 3.75. The molecule has 2 unspecified atom stereocenters. The van der Waals surface area contributed by atoms with Crippen molar-refractivity contribution < 1.29 is 5.11 Å². The largest absolute Gasteiger partial charge is 0.393 e. The zero-order valence-corrected chi connectivity index (χ0v) is 7.63. The Morgan fingerprint density at radius 2 is 1.75 bits per heavy atom. The van der Waals surface area contributed by atoms with Crippen LogP contribution in [0.4, 0.5) is 0 Å². The summed E-state index contributed by atoms with van der Waals surface area (Å²) in [5.41, 5.74) is 0. The molecule has 0 radical (unpaired) electrons. The lowest BCUT2D eigenvalue weighted by molar-refractivity contribution is 0.0479. The van der Waals surface area contributed by atoms with Gasteiger partial charge in [0.05, 0.1) is 6.10 Å². The van der Waals surface area contributed by atoms with Crippen molar-refractivity contribution in [1.29, 1.82) is 0 Å². The van der Waals surface area contributed by atoms with Gasteiger partial charge in [-0.05, 0) is 37.8 Å². The molecule has 1 saturated heterocycles. The summed E-state index contributed by atoms with van der Waals surface area (Å²) in [4.78, 5) is 0. The molecule has 0 aromatic heterocycles. The van der Waals surface area contributed by atoms with Gasteiger partial charge in [0.2, 0.25) is 0 Å². The minimum Gasteiger partial charge on any atom is -0.393 e. The van der Waals surface area contributed by atoms with E-state index in [2.05, 4.69) is 5.32 Å². The maximum atomic E-state index is 9.86. The Hall–Kier alpha value is -0.0800. The van der Waals surface area contributed by atoms with E-state index in [-0.39, 0.29) is 6.10 Å². The molecule has 0 aromatic carbocycles. The highest BCUT2D eigenvalue weighted by molar-refractivity contribution is 4.86. The third kappa shape index (κ3) is 1.64. The Kier molecular flexibility index (Phi) is 2.66. The summed E-state index contributed by atoms with van der Waals surface area (Å²) in [6.07, 6.45) is 6.19. The van der Waals surface area contributed by atoms with Crippen molar-refractivity contribution in [2.45, 2.75) is 38.2 Å². The number of nitrogens with one attached hydrogen (secondary N) is 1. The molecule has 1 aliphatic heterocycles. The Morgan fingerprint density at radius 3 is 2.42 bits per heavy atom. The number of hydrogen-bond acceptors (Lipinski definition) is 2. The van der Waals surface area contributed by atoms with Crippen molar-refractivity contribution in [2.24, 2.45) is 11.8 Å². The van der Waals surface area contributed by atoms with Crippen LogP contribution in [0.1, 0.15) is 32.1 Å². The van der Waals surface area contributed by atoms with Gasteiger partial charge in [-0.3, -0.25) is 0 Å². The van der Waals surface area contributed by atoms with Gasteiger partial charge in [-0.1, -0.05) is 19.3 Å². The van der Waals surface area contributed by atoms with Crippen LogP contribution in [0.25, 0.3) is 0 Å². The van der Waals surface area contributed by atoms with Crippen LogP contribution >= 0.6 is 0 Å². The molecule has 0 aromatic rings. The van der Waals surface area contributed by atoms with Crippen LogP contribution in [-0.2, 0) is 0 Å². The SMILES string of the molecule is OC1CCCCCC1C1CNC1. The third-order valence-electron chi connectivity index (χ3n) is 3.45. The van der Waals surface area contributed by atoms with Gasteiger partial charge in [0.15, 0.2) is 0 Å². The zero-order valence-electron chi connectivity index (χ0n) is 7.63. The second-order valence-corrected chi connectivity index (χ2v) is 4.29. The standard InChI is InChI=1S/C10H19NO/c12-10-5-3-1-2-4-9(10)8-6-11-7-8/h8-12H,1-7H2. The van der Waals surface area contributed by atoms with Crippen molar-refractivity contribution in [3.8, 4) is 0 Å². The topological polar surface area (TPSA) is 32.3 Å². The van der Waals surface area contributed by atoms with Crippen molar-refractivity contribution in [2.75, 3.05) is 13.1 Å². The van der Waals surface area contributed by atoms with Gasteiger partial charge < -0.3 is 10.4 Å². The first-order valence-electron chi connectivity index (χ1n) is 5.26. The maximum absolute atomic E-state index is 9.86. The Balaban J connectivity index is 1.90. The summed E-state index contributed by atoms with van der Waals surface area (Å²) in [7, 11) is 0. The first-order valence-corrected chi connectivity index (χ1v) is 5.26. The molecule has 0 spiro atoms. The first-order chi connectivity index (χ1) is 5.88. The van der Waals surface area contributed by atoms with E-state index in [4.69, 9.17) is 0 Å². The van der Waals surface area contributed by atoms with E-state index in [9.17, 15) is 5.11 Å². The maximum Gasteiger partial charge on any atom is 0.0572 e. The van der Waals surface area contributed by atoms with Crippen LogP contribution < -0.4 is 5.32 Å². The molecule has 1 saturated carbocycles. The summed E-state index contributed by atoms with van der Waals surface area (Å²) in [5, 5.41) is 13.1. The normalized spacial score (nSPS) is 38.8. The van der Waals surface area contributed by atoms with Gasteiger partial charge in [-0.25, -0.2) is 0 Å². The van der Waals surface area contributed by atoms with E-state index < -0.39 is 0 Å². The van der Waals surface area contributed by atoms with Crippen LogP contribution in [0.2, 0.25) is 0 Å². The first kappa shape index (κ1) is 8.52. The highest BCUT2D eigenvalue weighted by Crippen LogP contribution is 2.31. The van der Waals surface area contributed by atoms with Gasteiger partial charge in [-0.2, -0.15) is 0 Å². The summed E-state index contributed by atoms with van der Waals surface area (Å²) in [6.45, 7) is 2.28. The minimum atomic E-state index is -0.000370. The van der Waals surface area contributed by atoms with Gasteiger partial charge >= 0.3 is 0 Å². The summed E-state index contributed by atoms with van der Waals surface area (Å²) in [6, 6.07) is 0. The van der Waals surface area contributed by atoms with Crippen molar-refractivity contribution in [3.63, 3.8) is 0 Å². The molecule has 2 rings (SSSR count). The lowest BCUT2D eigenvalue weighted by atomic mass is 9.81. The Morgan fingerprint density at radius 1 is 1.00 bits per heavy atom. The van der Waals surface area contributed by atoms with E-state index in [1.165, 1.54) is 25.7 Å². The number of hydrogen-bond donors (Lipinski definition) is 2. The molecule has 1 heterocycles. The van der Waals surface area contributed by atoms with Crippen molar-refractivity contribution in [3.05, 3.63) is 0 Å². The predicted octanol–water partition coefficient (Wildman–Crippen LogP) is 1.15. The fourth-order valence-corrected chi connectivity index (χ4v) is 2.48. The second-order valence-electron chi connectivity index (χ2n) is 4.29. The molecular weight excluding hydrogens is 150 g/mol. The minimum absolute atomic E-state index is 0.000370. The molecule has 0 bridgehead atoms. The lowest BCUT2D eigenvalue weighted by Crippen LogP contribution is -2.49. The summed E-state index contributed by atoms with van der Waals surface area (Å²) < 4.78 is 0. The average molecular weight is 169 g/mol. The molecule has 1 aliphatic carbocycles. The van der Waals surface area contributed by atoms with Crippen LogP contribution in [0.15, 0.2) is 0 Å². The number of rotatable bonds is 1. The van der Waals surface area contributed by atoms with Crippen LogP contribution in [0.5, 0.6) is 0 Å². The molecule has 2 heteroatoms. The predicted molar refractivity (Wildman–Crippen MR) is 48.9 cm³/mol. The van der Waals surface area contributed by atoms with Gasteiger partial charge in [0.25, 0.3) is 0 Å². The van der Waals surface area contributed by atoms with Gasteiger partial charge in [-0.15, -0.1) is 0 Å². The molecule has 0 amide bonds.